The molecular weight excluding hydrogens is 184 g/mol. The maximum Gasteiger partial charge on any atom is 0.228 e. The van der Waals surface area contributed by atoms with Crippen molar-refractivity contribution >= 4 is 5.91 Å². The minimum Gasteiger partial charge on any atom is -0.383 e. The summed E-state index contributed by atoms with van der Waals surface area (Å²) in [5.41, 5.74) is 8.09. The number of rotatable bonds is 4. The highest BCUT2D eigenvalue weighted by Gasteiger charge is 2.27. The van der Waals surface area contributed by atoms with E-state index in [1.807, 2.05) is 0 Å². The largest absolute Gasteiger partial charge is 0.383 e. The van der Waals surface area contributed by atoms with Gasteiger partial charge in [-0.2, -0.15) is 0 Å². The zero-order valence-electron chi connectivity index (χ0n) is 8.22. The van der Waals surface area contributed by atoms with E-state index in [1.54, 1.807) is 12.0 Å². The van der Waals surface area contributed by atoms with E-state index in [0.717, 1.165) is 19.4 Å². The SMILES string of the molecule is COCC1CCCN1C(=O)CN=[N+]=[N-]. The van der Waals surface area contributed by atoms with Crippen LogP contribution in [0.25, 0.3) is 10.4 Å². The topological polar surface area (TPSA) is 78.3 Å². The van der Waals surface area contributed by atoms with Gasteiger partial charge in [0.15, 0.2) is 0 Å². The Morgan fingerprint density at radius 3 is 3.21 bits per heavy atom. The van der Waals surface area contributed by atoms with Crippen LogP contribution in [-0.2, 0) is 9.53 Å². The van der Waals surface area contributed by atoms with E-state index in [1.165, 1.54) is 0 Å². The highest BCUT2D eigenvalue weighted by atomic mass is 16.5. The van der Waals surface area contributed by atoms with Crippen molar-refractivity contribution in [2.45, 2.75) is 18.9 Å². The Kier molecular flexibility index (Phi) is 4.22. The second-order valence-electron chi connectivity index (χ2n) is 3.23. The lowest BCUT2D eigenvalue weighted by molar-refractivity contribution is -0.131. The molecule has 0 aromatic carbocycles. The Bertz CT molecular complexity index is 250. The Morgan fingerprint density at radius 1 is 1.79 bits per heavy atom. The summed E-state index contributed by atoms with van der Waals surface area (Å²) in [6, 6.07) is 0.154. The Labute approximate surface area is 82.5 Å². The van der Waals surface area contributed by atoms with Crippen molar-refractivity contribution in [3.05, 3.63) is 10.4 Å². The number of methoxy groups -OCH3 is 1. The summed E-state index contributed by atoms with van der Waals surface area (Å²) in [6.07, 6.45) is 1.96. The Hall–Kier alpha value is -1.26. The van der Waals surface area contributed by atoms with Gasteiger partial charge in [0.25, 0.3) is 0 Å². The van der Waals surface area contributed by atoms with Gasteiger partial charge in [-0.3, -0.25) is 4.79 Å². The summed E-state index contributed by atoms with van der Waals surface area (Å²) >= 11 is 0. The predicted octanol–water partition coefficient (Wildman–Crippen LogP) is 0.934. The molecule has 1 unspecified atom stereocenters. The number of amides is 1. The van der Waals surface area contributed by atoms with Gasteiger partial charge in [0.05, 0.1) is 12.6 Å². The molecule has 1 aliphatic heterocycles. The van der Waals surface area contributed by atoms with Crippen molar-refractivity contribution in [3.63, 3.8) is 0 Å². The van der Waals surface area contributed by atoms with Gasteiger partial charge in [0, 0.05) is 18.6 Å². The molecule has 0 N–H and O–H groups in total. The summed E-state index contributed by atoms with van der Waals surface area (Å²) in [5.74, 6) is -0.109. The van der Waals surface area contributed by atoms with Gasteiger partial charge in [-0.05, 0) is 18.4 Å². The fraction of sp³-hybridized carbons (Fsp3) is 0.875. The number of likely N-dealkylation sites (tertiary alicyclic amines) is 1. The lowest BCUT2D eigenvalue weighted by Crippen LogP contribution is -2.39. The van der Waals surface area contributed by atoms with Crippen LogP contribution in [0.15, 0.2) is 5.11 Å². The van der Waals surface area contributed by atoms with Gasteiger partial charge in [-0.15, -0.1) is 0 Å². The first kappa shape index (κ1) is 10.8. The van der Waals surface area contributed by atoms with Crippen molar-refractivity contribution in [1.82, 2.24) is 4.90 Å². The first-order chi connectivity index (χ1) is 6.79. The van der Waals surface area contributed by atoms with E-state index in [4.69, 9.17) is 10.3 Å². The molecule has 0 aliphatic carbocycles. The van der Waals surface area contributed by atoms with Crippen LogP contribution in [0.1, 0.15) is 12.8 Å². The smallest absolute Gasteiger partial charge is 0.228 e. The molecule has 14 heavy (non-hydrogen) atoms. The lowest BCUT2D eigenvalue weighted by Gasteiger charge is -2.23. The maximum absolute atomic E-state index is 11.5. The zero-order chi connectivity index (χ0) is 10.4. The van der Waals surface area contributed by atoms with Crippen LogP contribution in [0.3, 0.4) is 0 Å². The summed E-state index contributed by atoms with van der Waals surface area (Å²) < 4.78 is 5.01. The lowest BCUT2D eigenvalue weighted by atomic mass is 10.2. The molecule has 1 heterocycles. The quantitative estimate of drug-likeness (QED) is 0.382. The van der Waals surface area contributed by atoms with Crippen molar-refractivity contribution < 1.29 is 9.53 Å². The van der Waals surface area contributed by atoms with E-state index >= 15 is 0 Å². The van der Waals surface area contributed by atoms with E-state index in [0.29, 0.717) is 6.61 Å². The number of ether oxygens (including phenoxy) is 1. The maximum atomic E-state index is 11.5. The van der Waals surface area contributed by atoms with Gasteiger partial charge < -0.3 is 9.64 Å². The first-order valence-corrected chi connectivity index (χ1v) is 4.59. The van der Waals surface area contributed by atoms with Crippen LogP contribution in [-0.4, -0.2) is 43.7 Å². The molecule has 1 amide bonds. The van der Waals surface area contributed by atoms with Crippen LogP contribution in [0.2, 0.25) is 0 Å². The molecule has 0 bridgehead atoms. The molecular formula is C8H14N4O2. The summed E-state index contributed by atoms with van der Waals surface area (Å²) in [7, 11) is 1.62. The van der Waals surface area contributed by atoms with Crippen molar-refractivity contribution in [2.75, 3.05) is 26.8 Å². The van der Waals surface area contributed by atoms with Gasteiger partial charge in [0.2, 0.25) is 5.91 Å². The number of hydrogen-bond acceptors (Lipinski definition) is 3. The highest BCUT2D eigenvalue weighted by molar-refractivity contribution is 5.79. The minimum absolute atomic E-state index is 0.0866. The third-order valence-electron chi connectivity index (χ3n) is 2.33. The molecule has 1 fully saturated rings. The molecule has 0 aromatic heterocycles. The van der Waals surface area contributed by atoms with Gasteiger partial charge in [-0.1, -0.05) is 5.11 Å². The van der Waals surface area contributed by atoms with Crippen molar-refractivity contribution in [1.29, 1.82) is 0 Å². The molecule has 6 nitrogen and oxygen atoms in total. The molecule has 0 saturated carbocycles. The van der Waals surface area contributed by atoms with E-state index in [9.17, 15) is 4.79 Å². The number of azide groups is 1. The van der Waals surface area contributed by atoms with Crippen LogP contribution in [0.4, 0.5) is 0 Å². The fourth-order valence-corrected chi connectivity index (χ4v) is 1.71. The average molecular weight is 198 g/mol. The fourth-order valence-electron chi connectivity index (χ4n) is 1.71. The number of nitrogens with zero attached hydrogens (tertiary/aromatic N) is 4. The first-order valence-electron chi connectivity index (χ1n) is 4.59. The van der Waals surface area contributed by atoms with E-state index < -0.39 is 0 Å². The number of hydrogen-bond donors (Lipinski definition) is 0. The van der Waals surface area contributed by atoms with Crippen molar-refractivity contribution in [3.8, 4) is 0 Å². The van der Waals surface area contributed by atoms with Gasteiger partial charge in [0.1, 0.15) is 6.54 Å². The second-order valence-corrected chi connectivity index (χ2v) is 3.23. The molecule has 78 valence electrons. The van der Waals surface area contributed by atoms with Gasteiger partial charge >= 0.3 is 0 Å². The van der Waals surface area contributed by atoms with Crippen LogP contribution < -0.4 is 0 Å². The molecule has 1 aliphatic rings. The summed E-state index contributed by atoms with van der Waals surface area (Å²) in [4.78, 5) is 15.8. The molecule has 6 heteroatoms. The molecule has 0 aromatic rings. The normalized spacial score (nSPS) is 20.6. The molecule has 1 saturated heterocycles. The van der Waals surface area contributed by atoms with Crippen LogP contribution >= 0.6 is 0 Å². The molecule has 1 rings (SSSR count). The zero-order valence-corrected chi connectivity index (χ0v) is 8.22. The predicted molar refractivity (Wildman–Crippen MR) is 50.6 cm³/mol. The summed E-state index contributed by atoms with van der Waals surface area (Å²) in [5, 5.41) is 3.26. The van der Waals surface area contributed by atoms with Gasteiger partial charge in [-0.25, -0.2) is 0 Å². The average Bonchev–Trinajstić information content (AvgIpc) is 2.63. The highest BCUT2D eigenvalue weighted by Crippen LogP contribution is 2.17. The number of carbonyl (C=O) groups excluding carboxylic acids is 1. The third-order valence-corrected chi connectivity index (χ3v) is 2.33. The third kappa shape index (κ3) is 2.61. The number of carbonyl (C=O) groups is 1. The van der Waals surface area contributed by atoms with Crippen molar-refractivity contribution in [2.24, 2.45) is 5.11 Å². The van der Waals surface area contributed by atoms with Crippen LogP contribution in [0, 0.1) is 0 Å². The Balaban J connectivity index is 2.48. The molecule has 1 atom stereocenters. The summed E-state index contributed by atoms with van der Waals surface area (Å²) in [6.45, 7) is 1.21. The van der Waals surface area contributed by atoms with E-state index in [-0.39, 0.29) is 18.5 Å². The molecule has 0 radical (unpaired) electrons. The Morgan fingerprint density at radius 2 is 2.57 bits per heavy atom. The van der Waals surface area contributed by atoms with Crippen LogP contribution in [0.5, 0.6) is 0 Å². The standard InChI is InChI=1S/C8H14N4O2/c1-14-6-7-3-2-4-12(7)8(13)5-10-11-9/h7H,2-6H2,1H3. The monoisotopic (exact) mass is 198 g/mol. The minimum atomic E-state index is -0.109. The second kappa shape index (κ2) is 5.47. The van der Waals surface area contributed by atoms with E-state index in [2.05, 4.69) is 10.0 Å². The molecule has 0 spiro atoms.